The first-order valence-corrected chi connectivity index (χ1v) is 6.78. The summed E-state index contributed by atoms with van der Waals surface area (Å²) in [4.78, 5) is 19.8. The second-order valence-electron chi connectivity index (χ2n) is 4.07. The summed E-state index contributed by atoms with van der Waals surface area (Å²) in [6.45, 7) is 0.330. The topological polar surface area (TPSA) is 94.1 Å². The van der Waals surface area contributed by atoms with Crippen LogP contribution in [0.2, 0.25) is 0 Å². The number of pyridine rings is 1. The molecule has 21 heavy (non-hydrogen) atoms. The summed E-state index contributed by atoms with van der Waals surface area (Å²) in [6.07, 6.45) is 3.33. The Hall–Kier alpha value is -2.48. The minimum atomic E-state index is -0.455. The van der Waals surface area contributed by atoms with Crippen LogP contribution in [-0.2, 0) is 6.54 Å². The molecule has 8 heteroatoms. The van der Waals surface area contributed by atoms with Gasteiger partial charge in [0, 0.05) is 18.9 Å². The number of carbonyl (C=O) groups is 1. The minimum absolute atomic E-state index is 0.124. The van der Waals surface area contributed by atoms with Crippen LogP contribution in [-0.4, -0.2) is 21.0 Å². The van der Waals surface area contributed by atoms with Crippen LogP contribution in [0, 0.1) is 0 Å². The van der Waals surface area contributed by atoms with Crippen LogP contribution in [0.5, 0.6) is 0 Å². The molecule has 0 spiro atoms. The normalized spacial score (nSPS) is 10.5. The van der Waals surface area contributed by atoms with E-state index in [1.807, 2.05) is 6.07 Å². The Labute approximate surface area is 127 Å². The monoisotopic (exact) mass is 348 g/mol. The Bertz CT molecular complexity index is 754. The Morgan fingerprint density at radius 1 is 1.33 bits per heavy atom. The molecule has 0 saturated carbocycles. The molecule has 106 valence electrons. The molecule has 0 saturated heterocycles. The fourth-order valence-electron chi connectivity index (χ4n) is 1.61. The second kappa shape index (κ2) is 5.88. The number of aromatic nitrogens is 3. The van der Waals surface area contributed by atoms with E-state index in [2.05, 4.69) is 36.4 Å². The summed E-state index contributed by atoms with van der Waals surface area (Å²) in [7, 11) is 0. The fraction of sp³-hybridized carbons (Fsp3) is 0.0769. The zero-order valence-electron chi connectivity index (χ0n) is 10.6. The molecule has 0 radical (unpaired) electrons. The quantitative estimate of drug-likeness (QED) is 0.777. The van der Waals surface area contributed by atoms with Crippen LogP contribution in [0.4, 0.5) is 0 Å². The van der Waals surface area contributed by atoms with Crippen molar-refractivity contribution < 1.29 is 13.7 Å². The lowest BCUT2D eigenvalue weighted by Gasteiger charge is -2.00. The van der Waals surface area contributed by atoms with Gasteiger partial charge in [-0.1, -0.05) is 11.2 Å². The largest absolute Gasteiger partial charge is 0.446 e. The molecule has 0 fully saturated rings. The van der Waals surface area contributed by atoms with Crippen LogP contribution < -0.4 is 5.32 Å². The molecule has 0 aromatic carbocycles. The molecule has 0 unspecified atom stereocenters. The number of rotatable bonds is 4. The average molecular weight is 349 g/mol. The van der Waals surface area contributed by atoms with Crippen LogP contribution in [0.15, 0.2) is 50.3 Å². The zero-order chi connectivity index (χ0) is 14.7. The molecule has 3 aromatic heterocycles. The highest BCUT2D eigenvalue weighted by Gasteiger charge is 2.17. The average Bonchev–Trinajstić information content (AvgIpc) is 3.14. The Morgan fingerprint density at radius 2 is 2.24 bits per heavy atom. The third-order valence-electron chi connectivity index (χ3n) is 2.59. The van der Waals surface area contributed by atoms with Gasteiger partial charge in [-0.25, -0.2) is 0 Å². The standard InChI is InChI=1S/C13H9BrN4O3/c14-10-4-3-9(20-10)11-17-13(21-18-11)12(19)16-7-8-2-1-5-15-6-8/h1-6H,7H2,(H,16,19). The smallest absolute Gasteiger partial charge is 0.316 e. The number of carbonyl (C=O) groups excluding carboxylic acids is 1. The summed E-state index contributed by atoms with van der Waals surface area (Å²) in [5.41, 5.74) is 0.876. The highest BCUT2D eigenvalue weighted by molar-refractivity contribution is 9.10. The van der Waals surface area contributed by atoms with E-state index in [0.29, 0.717) is 17.0 Å². The van der Waals surface area contributed by atoms with Crippen molar-refractivity contribution in [2.24, 2.45) is 0 Å². The summed E-state index contributed by atoms with van der Waals surface area (Å²) < 4.78 is 10.7. The molecular formula is C13H9BrN4O3. The first-order valence-electron chi connectivity index (χ1n) is 5.99. The van der Waals surface area contributed by atoms with Gasteiger partial charge in [0.1, 0.15) is 0 Å². The fourth-order valence-corrected chi connectivity index (χ4v) is 1.92. The van der Waals surface area contributed by atoms with Crippen molar-refractivity contribution in [1.82, 2.24) is 20.4 Å². The Balaban J connectivity index is 1.67. The van der Waals surface area contributed by atoms with Crippen molar-refractivity contribution in [3.8, 4) is 11.6 Å². The van der Waals surface area contributed by atoms with Gasteiger partial charge in [-0.05, 0) is 39.7 Å². The van der Waals surface area contributed by atoms with E-state index in [9.17, 15) is 4.79 Å². The Morgan fingerprint density at radius 3 is 2.95 bits per heavy atom. The molecule has 7 nitrogen and oxygen atoms in total. The van der Waals surface area contributed by atoms with Crippen LogP contribution in [0.3, 0.4) is 0 Å². The summed E-state index contributed by atoms with van der Waals surface area (Å²) >= 11 is 3.18. The van der Waals surface area contributed by atoms with Gasteiger partial charge in [0.05, 0.1) is 0 Å². The van der Waals surface area contributed by atoms with Gasteiger partial charge in [0.15, 0.2) is 10.4 Å². The van der Waals surface area contributed by atoms with Gasteiger partial charge in [-0.2, -0.15) is 4.98 Å². The van der Waals surface area contributed by atoms with E-state index in [0.717, 1.165) is 5.56 Å². The third-order valence-corrected chi connectivity index (χ3v) is 3.02. The summed E-state index contributed by atoms with van der Waals surface area (Å²) in [5.74, 6) is 0.0498. The predicted molar refractivity (Wildman–Crippen MR) is 75.1 cm³/mol. The molecule has 3 heterocycles. The minimum Gasteiger partial charge on any atom is -0.446 e. The molecule has 0 aliphatic rings. The maximum Gasteiger partial charge on any atom is 0.316 e. The molecular weight excluding hydrogens is 340 g/mol. The molecule has 3 aromatic rings. The number of halogens is 1. The first-order chi connectivity index (χ1) is 10.2. The highest BCUT2D eigenvalue weighted by Crippen LogP contribution is 2.22. The molecule has 1 amide bonds. The van der Waals surface area contributed by atoms with Gasteiger partial charge in [0.2, 0.25) is 5.82 Å². The van der Waals surface area contributed by atoms with Crippen LogP contribution in [0.25, 0.3) is 11.6 Å². The van der Waals surface area contributed by atoms with Crippen molar-refractivity contribution in [3.63, 3.8) is 0 Å². The number of amides is 1. The highest BCUT2D eigenvalue weighted by atomic mass is 79.9. The zero-order valence-corrected chi connectivity index (χ0v) is 12.2. The predicted octanol–water partition coefficient (Wildman–Crippen LogP) is 2.42. The van der Waals surface area contributed by atoms with Gasteiger partial charge < -0.3 is 14.3 Å². The van der Waals surface area contributed by atoms with Gasteiger partial charge in [-0.3, -0.25) is 9.78 Å². The van der Waals surface area contributed by atoms with Crippen molar-refractivity contribution in [2.75, 3.05) is 0 Å². The van der Waals surface area contributed by atoms with Gasteiger partial charge in [0.25, 0.3) is 0 Å². The maximum absolute atomic E-state index is 11.9. The van der Waals surface area contributed by atoms with Crippen molar-refractivity contribution in [3.05, 3.63) is 52.8 Å². The molecule has 0 atom stereocenters. The van der Waals surface area contributed by atoms with Gasteiger partial charge >= 0.3 is 11.8 Å². The van der Waals surface area contributed by atoms with Crippen molar-refractivity contribution in [1.29, 1.82) is 0 Å². The van der Waals surface area contributed by atoms with E-state index in [1.165, 1.54) is 0 Å². The van der Waals surface area contributed by atoms with Crippen molar-refractivity contribution >= 4 is 21.8 Å². The maximum atomic E-state index is 11.9. The van der Waals surface area contributed by atoms with Gasteiger partial charge in [-0.15, -0.1) is 0 Å². The Kier molecular flexibility index (Phi) is 3.78. The lowest BCUT2D eigenvalue weighted by atomic mass is 10.3. The molecule has 0 aliphatic carbocycles. The second-order valence-corrected chi connectivity index (χ2v) is 4.85. The summed E-state index contributed by atoms with van der Waals surface area (Å²) in [5, 5.41) is 6.37. The van der Waals surface area contributed by atoms with Crippen molar-refractivity contribution in [2.45, 2.75) is 6.54 Å². The number of furan rings is 1. The number of hydrogen-bond donors (Lipinski definition) is 1. The first kappa shape index (κ1) is 13.5. The molecule has 0 bridgehead atoms. The van der Waals surface area contributed by atoms with E-state index >= 15 is 0 Å². The van der Waals surface area contributed by atoms with Crippen LogP contribution >= 0.6 is 15.9 Å². The molecule has 0 aliphatic heterocycles. The lowest BCUT2D eigenvalue weighted by molar-refractivity contribution is 0.0907. The van der Waals surface area contributed by atoms with E-state index in [4.69, 9.17) is 8.94 Å². The van der Waals surface area contributed by atoms with E-state index < -0.39 is 5.91 Å². The lowest BCUT2D eigenvalue weighted by Crippen LogP contribution is -2.23. The number of nitrogens with one attached hydrogen (secondary N) is 1. The van der Waals surface area contributed by atoms with E-state index in [1.54, 1.807) is 30.6 Å². The molecule has 1 N–H and O–H groups in total. The van der Waals surface area contributed by atoms with E-state index in [-0.39, 0.29) is 11.7 Å². The molecule has 3 rings (SSSR count). The number of hydrogen-bond acceptors (Lipinski definition) is 6. The SMILES string of the molecule is O=C(NCc1cccnc1)c1nc(-c2ccc(Br)o2)no1. The third kappa shape index (κ3) is 3.16. The summed E-state index contributed by atoms with van der Waals surface area (Å²) in [6, 6.07) is 7.02. The van der Waals surface area contributed by atoms with Crippen LogP contribution in [0.1, 0.15) is 16.2 Å². The number of nitrogens with zero attached hydrogens (tertiary/aromatic N) is 3.